The van der Waals surface area contributed by atoms with Crippen LogP contribution in [0.1, 0.15) is 45.6 Å². The minimum absolute atomic E-state index is 0.0326. The third kappa shape index (κ3) is 6.99. The number of allylic oxidation sites excluding steroid dienone is 2. The molecule has 1 saturated carbocycles. The molecular weight excluding hydrogens is 477 g/mol. The van der Waals surface area contributed by atoms with Gasteiger partial charge >= 0.3 is 6.09 Å². The average molecular weight is 514 g/mol. The van der Waals surface area contributed by atoms with Gasteiger partial charge in [-0.05, 0) is 63.2 Å². The van der Waals surface area contributed by atoms with Gasteiger partial charge in [0, 0.05) is 18.5 Å². The van der Waals surface area contributed by atoms with E-state index in [1.54, 1.807) is 45.1 Å². The summed E-state index contributed by atoms with van der Waals surface area (Å²) in [5, 5.41) is 2.65. The molecule has 4 atom stereocenters. The zero-order valence-electron chi connectivity index (χ0n) is 21.7. The Kier molecular flexibility index (Phi) is 8.78. The Hall–Kier alpha value is -3.62. The fourth-order valence-electron chi connectivity index (χ4n) is 4.88. The second-order valence-electron chi connectivity index (χ2n) is 10.5. The van der Waals surface area contributed by atoms with Gasteiger partial charge in [-0.25, -0.2) is 9.18 Å². The summed E-state index contributed by atoms with van der Waals surface area (Å²) in [5.74, 6) is -1.62. The Morgan fingerprint density at radius 3 is 2.59 bits per heavy atom. The lowest BCUT2D eigenvalue weighted by atomic mass is 9.97. The molecule has 1 saturated heterocycles. The number of nitrogens with one attached hydrogen (secondary N) is 1. The van der Waals surface area contributed by atoms with Crippen LogP contribution in [0.5, 0.6) is 5.75 Å². The summed E-state index contributed by atoms with van der Waals surface area (Å²) in [6, 6.07) is 2.27. The highest BCUT2D eigenvalue weighted by Crippen LogP contribution is 2.43. The SMILES string of the molecule is C=C/C=C(\C=C)COc1ccc(C[C@H](NC(=O)[C@@H]2[C@H]3CC[C@H](C3)N2C(=O)OC(C)(C)C)C(N)=O)c(F)c1. The van der Waals surface area contributed by atoms with Crippen molar-refractivity contribution in [3.05, 3.63) is 66.5 Å². The zero-order chi connectivity index (χ0) is 27.3. The minimum Gasteiger partial charge on any atom is -0.489 e. The van der Waals surface area contributed by atoms with E-state index >= 15 is 0 Å². The molecule has 1 heterocycles. The average Bonchev–Trinajstić information content (AvgIpc) is 3.43. The van der Waals surface area contributed by atoms with Crippen LogP contribution < -0.4 is 15.8 Å². The van der Waals surface area contributed by atoms with Crippen LogP contribution in [0.2, 0.25) is 0 Å². The molecule has 200 valence electrons. The first-order valence-corrected chi connectivity index (χ1v) is 12.4. The normalized spacial score (nSPS) is 21.8. The molecule has 1 aromatic carbocycles. The molecule has 3 rings (SSSR count). The highest BCUT2D eigenvalue weighted by molar-refractivity contribution is 5.91. The van der Waals surface area contributed by atoms with Crippen molar-refractivity contribution in [3.63, 3.8) is 0 Å². The third-order valence-electron chi connectivity index (χ3n) is 6.57. The molecule has 8 nitrogen and oxygen atoms in total. The van der Waals surface area contributed by atoms with Crippen LogP contribution in [-0.4, -0.2) is 53.1 Å². The summed E-state index contributed by atoms with van der Waals surface area (Å²) in [6.45, 7) is 12.8. The van der Waals surface area contributed by atoms with Gasteiger partial charge in [-0.1, -0.05) is 37.5 Å². The van der Waals surface area contributed by atoms with Crippen LogP contribution in [0.4, 0.5) is 9.18 Å². The number of hydrogen-bond acceptors (Lipinski definition) is 5. The molecular formula is C28H36FN3O5. The molecule has 1 aliphatic heterocycles. The van der Waals surface area contributed by atoms with E-state index in [4.69, 9.17) is 15.2 Å². The maximum Gasteiger partial charge on any atom is 0.411 e. The minimum atomic E-state index is -1.16. The molecule has 0 spiro atoms. The number of benzene rings is 1. The molecule has 9 heteroatoms. The number of halogens is 1. The number of rotatable bonds is 10. The van der Waals surface area contributed by atoms with Crippen LogP contribution >= 0.6 is 0 Å². The van der Waals surface area contributed by atoms with E-state index in [2.05, 4.69) is 18.5 Å². The first-order chi connectivity index (χ1) is 17.4. The van der Waals surface area contributed by atoms with Gasteiger partial charge in [0.05, 0.1) is 0 Å². The van der Waals surface area contributed by atoms with Crippen molar-refractivity contribution >= 4 is 17.9 Å². The fourth-order valence-corrected chi connectivity index (χ4v) is 4.88. The molecule has 2 aliphatic rings. The molecule has 3 N–H and O–H groups in total. The number of amides is 3. The number of ether oxygens (including phenoxy) is 2. The second kappa shape index (κ2) is 11.6. The van der Waals surface area contributed by atoms with E-state index < -0.39 is 41.4 Å². The van der Waals surface area contributed by atoms with Crippen molar-refractivity contribution in [2.75, 3.05) is 6.61 Å². The largest absolute Gasteiger partial charge is 0.489 e. The van der Waals surface area contributed by atoms with E-state index in [0.29, 0.717) is 12.2 Å². The number of primary amides is 1. The molecule has 1 aromatic rings. The fraction of sp³-hybridized carbons (Fsp3) is 0.464. The summed E-state index contributed by atoms with van der Waals surface area (Å²) in [5.41, 5.74) is 5.82. The predicted octanol–water partition coefficient (Wildman–Crippen LogP) is 3.80. The summed E-state index contributed by atoms with van der Waals surface area (Å²) >= 11 is 0. The summed E-state index contributed by atoms with van der Waals surface area (Å²) in [4.78, 5) is 39.8. The Balaban J connectivity index is 1.69. The summed E-state index contributed by atoms with van der Waals surface area (Å²) in [7, 11) is 0. The number of nitrogens with two attached hydrogens (primary N) is 1. The van der Waals surface area contributed by atoms with Gasteiger partial charge < -0.3 is 20.5 Å². The molecule has 0 unspecified atom stereocenters. The van der Waals surface area contributed by atoms with E-state index in [-0.39, 0.29) is 30.6 Å². The topological polar surface area (TPSA) is 111 Å². The van der Waals surface area contributed by atoms with Crippen molar-refractivity contribution in [1.29, 1.82) is 0 Å². The highest BCUT2D eigenvalue weighted by atomic mass is 19.1. The van der Waals surface area contributed by atoms with Crippen LogP contribution in [0.15, 0.2) is 55.2 Å². The Morgan fingerprint density at radius 1 is 1.27 bits per heavy atom. The van der Waals surface area contributed by atoms with Crippen LogP contribution in [0.25, 0.3) is 0 Å². The van der Waals surface area contributed by atoms with E-state index in [9.17, 15) is 18.8 Å². The first-order valence-electron chi connectivity index (χ1n) is 12.4. The summed E-state index contributed by atoms with van der Waals surface area (Å²) < 4.78 is 26.0. The Labute approximate surface area is 217 Å². The van der Waals surface area contributed by atoms with Gasteiger partial charge in [-0.3, -0.25) is 14.5 Å². The van der Waals surface area contributed by atoms with Crippen molar-refractivity contribution in [3.8, 4) is 5.75 Å². The molecule has 2 fully saturated rings. The molecule has 3 amide bonds. The number of fused-ring (bicyclic) bond motifs is 2. The van der Waals surface area contributed by atoms with Gasteiger partial charge in [-0.2, -0.15) is 0 Å². The number of likely N-dealkylation sites (tertiary alicyclic amines) is 1. The van der Waals surface area contributed by atoms with Crippen LogP contribution in [0.3, 0.4) is 0 Å². The lowest BCUT2D eigenvalue weighted by Gasteiger charge is -2.36. The molecule has 1 aliphatic carbocycles. The zero-order valence-corrected chi connectivity index (χ0v) is 21.7. The number of carbonyl (C=O) groups is 3. The first kappa shape index (κ1) is 28.0. The Bertz CT molecular complexity index is 1090. The van der Waals surface area contributed by atoms with E-state index in [1.165, 1.54) is 17.0 Å². The maximum atomic E-state index is 14.8. The molecule has 0 aromatic heterocycles. The number of carbonyl (C=O) groups excluding carboxylic acids is 3. The quantitative estimate of drug-likeness (QED) is 0.463. The van der Waals surface area contributed by atoms with E-state index in [0.717, 1.165) is 18.4 Å². The van der Waals surface area contributed by atoms with Crippen molar-refractivity contribution in [1.82, 2.24) is 10.2 Å². The monoisotopic (exact) mass is 513 g/mol. The van der Waals surface area contributed by atoms with Gasteiger partial charge in [0.2, 0.25) is 11.8 Å². The van der Waals surface area contributed by atoms with Gasteiger partial charge in [0.15, 0.2) is 0 Å². The maximum absolute atomic E-state index is 14.8. The van der Waals surface area contributed by atoms with E-state index in [1.807, 2.05) is 0 Å². The molecule has 37 heavy (non-hydrogen) atoms. The highest BCUT2D eigenvalue weighted by Gasteiger charge is 2.52. The van der Waals surface area contributed by atoms with Crippen LogP contribution in [-0.2, 0) is 20.7 Å². The Morgan fingerprint density at radius 2 is 2.00 bits per heavy atom. The van der Waals surface area contributed by atoms with Crippen molar-refractivity contribution in [2.45, 2.75) is 70.2 Å². The number of nitrogens with zero attached hydrogens (tertiary/aromatic N) is 1. The van der Waals surface area contributed by atoms with Gasteiger partial charge in [0.25, 0.3) is 0 Å². The molecule has 0 radical (unpaired) electrons. The lowest BCUT2D eigenvalue weighted by Crippen LogP contribution is -2.57. The van der Waals surface area contributed by atoms with Crippen LogP contribution in [0, 0.1) is 11.7 Å². The second-order valence-corrected chi connectivity index (χ2v) is 10.5. The van der Waals surface area contributed by atoms with Crippen molar-refractivity contribution < 1.29 is 28.2 Å². The molecule has 2 bridgehead atoms. The lowest BCUT2D eigenvalue weighted by molar-refractivity contribution is -0.132. The predicted molar refractivity (Wildman–Crippen MR) is 138 cm³/mol. The smallest absolute Gasteiger partial charge is 0.411 e. The standard InChI is InChI=1S/C28H36FN3O5/c1-6-8-17(7-2)16-36-21-12-10-18(22(29)15-21)14-23(25(30)33)31-26(34)24-19-9-11-20(13-19)32(24)27(35)37-28(3,4)5/h6-8,10,12,15,19-20,23-24H,1-2,9,11,13-14,16H2,3-5H3,(H2,30,33)(H,31,34)/b17-8+/t19-,20+,23-,24-/m0/s1. The van der Waals surface area contributed by atoms with Gasteiger partial charge in [-0.15, -0.1) is 0 Å². The van der Waals surface area contributed by atoms with Gasteiger partial charge in [0.1, 0.15) is 35.9 Å². The number of piperidine rings is 1. The van der Waals surface area contributed by atoms with Crippen molar-refractivity contribution in [2.24, 2.45) is 11.7 Å². The summed E-state index contributed by atoms with van der Waals surface area (Å²) in [6.07, 6.45) is 6.55. The number of hydrogen-bond donors (Lipinski definition) is 2. The third-order valence-corrected chi connectivity index (χ3v) is 6.57.